The average Bonchev–Trinajstić information content (AvgIpc) is 2.85. The monoisotopic (exact) mass is 291 g/mol. The van der Waals surface area contributed by atoms with Gasteiger partial charge in [-0.05, 0) is 12.5 Å². The molecule has 2 rings (SSSR count). The van der Waals surface area contributed by atoms with Crippen molar-refractivity contribution < 1.29 is 14.3 Å². The van der Waals surface area contributed by atoms with E-state index in [9.17, 15) is 9.59 Å². The lowest BCUT2D eigenvalue weighted by molar-refractivity contribution is -0.118. The standard InChI is InChI=1S/C13H13N3O3S/c1-8-4-2-3-5-9(8)10-7-20-13(15-10)16-11(17)6-19-12(14)18/h2-5,7H,6H2,1H3,(H2,14,18)(H,15,16,17). The highest BCUT2D eigenvalue weighted by molar-refractivity contribution is 7.14. The Hall–Kier alpha value is -2.41. The van der Waals surface area contributed by atoms with Crippen LogP contribution in [0.15, 0.2) is 29.6 Å². The van der Waals surface area contributed by atoms with E-state index >= 15 is 0 Å². The number of anilines is 1. The van der Waals surface area contributed by atoms with Gasteiger partial charge in [0.15, 0.2) is 11.7 Å². The Kier molecular flexibility index (Phi) is 4.31. The van der Waals surface area contributed by atoms with E-state index in [4.69, 9.17) is 5.73 Å². The van der Waals surface area contributed by atoms with Gasteiger partial charge in [0.2, 0.25) is 0 Å². The van der Waals surface area contributed by atoms with Crippen molar-refractivity contribution in [1.82, 2.24) is 4.98 Å². The molecule has 1 aromatic carbocycles. The minimum Gasteiger partial charge on any atom is -0.440 e. The number of primary amides is 1. The van der Waals surface area contributed by atoms with E-state index in [2.05, 4.69) is 15.0 Å². The number of carbonyl (C=O) groups is 2. The zero-order valence-corrected chi connectivity index (χ0v) is 11.6. The fourth-order valence-electron chi connectivity index (χ4n) is 1.61. The minimum atomic E-state index is -0.986. The molecule has 0 fully saturated rings. The molecule has 6 nitrogen and oxygen atoms in total. The molecule has 7 heteroatoms. The molecular weight excluding hydrogens is 278 g/mol. The van der Waals surface area contributed by atoms with Gasteiger partial charge >= 0.3 is 6.09 Å². The van der Waals surface area contributed by atoms with Gasteiger partial charge < -0.3 is 10.5 Å². The maximum absolute atomic E-state index is 11.5. The zero-order valence-electron chi connectivity index (χ0n) is 10.8. The molecule has 0 bridgehead atoms. The number of benzene rings is 1. The molecule has 20 heavy (non-hydrogen) atoms. The summed E-state index contributed by atoms with van der Waals surface area (Å²) in [4.78, 5) is 26.2. The van der Waals surface area contributed by atoms with Gasteiger partial charge in [0, 0.05) is 10.9 Å². The SMILES string of the molecule is Cc1ccccc1-c1csc(NC(=O)COC(N)=O)n1. The second-order valence-corrected chi connectivity index (χ2v) is 4.87. The van der Waals surface area contributed by atoms with Crippen LogP contribution in [0.5, 0.6) is 0 Å². The van der Waals surface area contributed by atoms with Crippen LogP contribution < -0.4 is 11.1 Å². The number of nitrogens with two attached hydrogens (primary N) is 1. The first kappa shape index (κ1) is 14.0. The fraction of sp³-hybridized carbons (Fsp3) is 0.154. The van der Waals surface area contributed by atoms with Crippen LogP contribution in [0.1, 0.15) is 5.56 Å². The van der Waals surface area contributed by atoms with Gasteiger partial charge in [-0.1, -0.05) is 24.3 Å². The Morgan fingerprint density at radius 2 is 2.15 bits per heavy atom. The van der Waals surface area contributed by atoms with Crippen LogP contribution in [0.2, 0.25) is 0 Å². The number of nitrogens with zero attached hydrogens (tertiary/aromatic N) is 1. The Labute approximate surface area is 119 Å². The van der Waals surface area contributed by atoms with Crippen molar-refractivity contribution in [1.29, 1.82) is 0 Å². The predicted octanol–water partition coefficient (Wildman–Crippen LogP) is 2.15. The lowest BCUT2D eigenvalue weighted by Crippen LogP contribution is -2.23. The molecule has 2 amide bonds. The van der Waals surface area contributed by atoms with Gasteiger partial charge in [-0.15, -0.1) is 11.3 Å². The van der Waals surface area contributed by atoms with Crippen LogP contribution in [-0.2, 0) is 9.53 Å². The second-order valence-electron chi connectivity index (χ2n) is 4.01. The van der Waals surface area contributed by atoms with Crippen LogP contribution in [0.25, 0.3) is 11.3 Å². The van der Waals surface area contributed by atoms with E-state index in [1.54, 1.807) is 0 Å². The minimum absolute atomic E-state index is 0.422. The van der Waals surface area contributed by atoms with Gasteiger partial charge in [-0.25, -0.2) is 9.78 Å². The molecule has 0 saturated heterocycles. The van der Waals surface area contributed by atoms with Crippen LogP contribution in [0.3, 0.4) is 0 Å². The summed E-state index contributed by atoms with van der Waals surface area (Å²) >= 11 is 1.30. The molecule has 1 heterocycles. The van der Waals surface area contributed by atoms with E-state index in [1.165, 1.54) is 11.3 Å². The first-order valence-electron chi connectivity index (χ1n) is 5.80. The van der Waals surface area contributed by atoms with Gasteiger partial charge in [0.1, 0.15) is 0 Å². The largest absolute Gasteiger partial charge is 0.440 e. The van der Waals surface area contributed by atoms with Crippen LogP contribution in [0.4, 0.5) is 9.93 Å². The third-order valence-electron chi connectivity index (χ3n) is 2.52. The van der Waals surface area contributed by atoms with Crippen molar-refractivity contribution in [3.8, 4) is 11.3 Å². The van der Waals surface area contributed by atoms with Crippen molar-refractivity contribution in [2.45, 2.75) is 6.92 Å². The topological polar surface area (TPSA) is 94.3 Å². The summed E-state index contributed by atoms with van der Waals surface area (Å²) < 4.78 is 4.39. The number of aryl methyl sites for hydroxylation is 1. The van der Waals surface area contributed by atoms with E-state index in [0.717, 1.165) is 16.8 Å². The molecule has 0 aliphatic heterocycles. The highest BCUT2D eigenvalue weighted by Crippen LogP contribution is 2.27. The number of ether oxygens (including phenoxy) is 1. The molecule has 0 saturated carbocycles. The molecule has 0 aliphatic carbocycles. The van der Waals surface area contributed by atoms with Crippen molar-refractivity contribution >= 4 is 28.5 Å². The summed E-state index contributed by atoms with van der Waals surface area (Å²) in [6, 6.07) is 7.84. The fourth-order valence-corrected chi connectivity index (χ4v) is 2.33. The molecule has 1 aromatic heterocycles. The van der Waals surface area contributed by atoms with Gasteiger partial charge in [0.25, 0.3) is 5.91 Å². The Balaban J connectivity index is 2.04. The van der Waals surface area contributed by atoms with Crippen molar-refractivity contribution in [3.63, 3.8) is 0 Å². The summed E-state index contributed by atoms with van der Waals surface area (Å²) in [5.41, 5.74) is 7.68. The summed E-state index contributed by atoms with van der Waals surface area (Å²) in [6.07, 6.45) is -0.986. The molecular formula is C13H13N3O3S. The summed E-state index contributed by atoms with van der Waals surface area (Å²) in [5, 5.41) is 4.84. The van der Waals surface area contributed by atoms with Gasteiger partial charge in [-0.3, -0.25) is 10.1 Å². The molecule has 3 N–H and O–H groups in total. The number of thiazole rings is 1. The normalized spacial score (nSPS) is 10.1. The molecule has 104 valence electrons. The van der Waals surface area contributed by atoms with Crippen LogP contribution in [-0.4, -0.2) is 23.6 Å². The smallest absolute Gasteiger partial charge is 0.405 e. The summed E-state index contributed by atoms with van der Waals surface area (Å²) in [6.45, 7) is 1.57. The summed E-state index contributed by atoms with van der Waals surface area (Å²) in [7, 11) is 0. The Morgan fingerprint density at radius 1 is 1.40 bits per heavy atom. The van der Waals surface area contributed by atoms with Crippen molar-refractivity contribution in [3.05, 3.63) is 35.2 Å². The molecule has 0 aliphatic rings. The number of carbonyl (C=O) groups excluding carboxylic acids is 2. The quantitative estimate of drug-likeness (QED) is 0.902. The number of hydrogen-bond donors (Lipinski definition) is 2. The highest BCUT2D eigenvalue weighted by Gasteiger charge is 2.10. The van der Waals surface area contributed by atoms with Gasteiger partial charge in [-0.2, -0.15) is 0 Å². The third-order valence-corrected chi connectivity index (χ3v) is 3.27. The molecule has 0 spiro atoms. The van der Waals surface area contributed by atoms with E-state index < -0.39 is 18.6 Å². The van der Waals surface area contributed by atoms with E-state index in [1.807, 2.05) is 36.6 Å². The predicted molar refractivity (Wildman–Crippen MR) is 76.5 cm³/mol. The van der Waals surface area contributed by atoms with E-state index in [-0.39, 0.29) is 0 Å². The average molecular weight is 291 g/mol. The molecule has 0 atom stereocenters. The number of aromatic nitrogens is 1. The molecule has 2 aromatic rings. The number of hydrogen-bond acceptors (Lipinski definition) is 5. The maximum Gasteiger partial charge on any atom is 0.405 e. The molecule has 0 radical (unpaired) electrons. The number of rotatable bonds is 4. The van der Waals surface area contributed by atoms with E-state index in [0.29, 0.717) is 5.13 Å². The first-order valence-corrected chi connectivity index (χ1v) is 6.68. The van der Waals surface area contributed by atoms with Gasteiger partial charge in [0.05, 0.1) is 5.69 Å². The van der Waals surface area contributed by atoms with Crippen LogP contribution >= 0.6 is 11.3 Å². The first-order chi connectivity index (χ1) is 9.56. The Bertz CT molecular complexity index is 639. The Morgan fingerprint density at radius 3 is 2.85 bits per heavy atom. The third kappa shape index (κ3) is 3.55. The lowest BCUT2D eigenvalue weighted by Gasteiger charge is -2.02. The summed E-state index contributed by atoms with van der Waals surface area (Å²) in [5.74, 6) is -0.477. The number of amides is 2. The zero-order chi connectivity index (χ0) is 14.5. The van der Waals surface area contributed by atoms with Crippen LogP contribution in [0, 0.1) is 6.92 Å². The van der Waals surface area contributed by atoms with Crippen molar-refractivity contribution in [2.75, 3.05) is 11.9 Å². The second kappa shape index (κ2) is 6.16. The number of nitrogens with one attached hydrogen (secondary N) is 1. The lowest BCUT2D eigenvalue weighted by atomic mass is 10.1. The van der Waals surface area contributed by atoms with Crippen molar-refractivity contribution in [2.24, 2.45) is 5.73 Å². The maximum atomic E-state index is 11.5. The molecule has 0 unspecified atom stereocenters. The highest BCUT2D eigenvalue weighted by atomic mass is 32.1.